The molecule has 0 amide bonds. The van der Waals surface area contributed by atoms with Crippen molar-refractivity contribution in [3.63, 3.8) is 0 Å². The molecule has 4 bridgehead atoms. The summed E-state index contributed by atoms with van der Waals surface area (Å²) in [5.74, 6) is 4.00. The highest BCUT2D eigenvalue weighted by molar-refractivity contribution is 5.71. The molecule has 11 heteroatoms. The van der Waals surface area contributed by atoms with E-state index in [9.17, 15) is 13.2 Å². The highest BCUT2D eigenvalue weighted by Gasteiger charge is 2.81. The van der Waals surface area contributed by atoms with Crippen LogP contribution < -0.4 is 20.4 Å². The molecule has 0 spiro atoms. The molecule has 2 aliphatic heterocycles. The lowest BCUT2D eigenvalue weighted by molar-refractivity contribution is -0.332. The van der Waals surface area contributed by atoms with Crippen LogP contribution in [0.25, 0.3) is 0 Å². The lowest BCUT2D eigenvalue weighted by Crippen LogP contribution is -2.79. The van der Waals surface area contributed by atoms with E-state index < -0.39 is 17.1 Å². The van der Waals surface area contributed by atoms with Crippen LogP contribution in [0.1, 0.15) is 57.2 Å². The number of halogens is 3. The Labute approximate surface area is 220 Å². The van der Waals surface area contributed by atoms with Gasteiger partial charge in [-0.15, -0.1) is 0 Å². The van der Waals surface area contributed by atoms with Crippen molar-refractivity contribution in [2.24, 2.45) is 17.3 Å². The topological polar surface area (TPSA) is 82.1 Å². The van der Waals surface area contributed by atoms with Gasteiger partial charge in [0.15, 0.2) is 0 Å². The van der Waals surface area contributed by atoms with E-state index >= 15 is 0 Å². The van der Waals surface area contributed by atoms with Crippen molar-refractivity contribution in [2.45, 2.75) is 76.0 Å². The van der Waals surface area contributed by atoms with Crippen molar-refractivity contribution in [1.29, 1.82) is 0 Å². The van der Waals surface area contributed by atoms with Crippen LogP contribution in [-0.4, -0.2) is 64.4 Å². The first-order valence-corrected chi connectivity index (χ1v) is 13.7. The standard InChI is InChI=1S/C27H35F3N8/c1-15-7-18(33-14-32-15)37-8-16-5-6-17(9-37)20(16)34-23-35-21(31-4)19-22(36-23)38(13-24(19,2)3)26-10-25(11-26,12-26)27(28,29)30/h7,14,16-17,20H,5-6,8-13H2,1-4H3,(H2,31,34,35,36)/t16-,17+,20?,25?,26?. The van der Waals surface area contributed by atoms with E-state index in [1.807, 2.05) is 20.0 Å². The minimum Gasteiger partial charge on any atom is -0.373 e. The molecule has 1 saturated heterocycles. The van der Waals surface area contributed by atoms with Gasteiger partial charge < -0.3 is 20.4 Å². The Kier molecular flexibility index (Phi) is 4.86. The van der Waals surface area contributed by atoms with Crippen LogP contribution in [-0.2, 0) is 5.41 Å². The summed E-state index contributed by atoms with van der Waals surface area (Å²) in [4.78, 5) is 23.2. The molecule has 4 saturated carbocycles. The Balaban J connectivity index is 1.15. The van der Waals surface area contributed by atoms with Crippen LogP contribution >= 0.6 is 0 Å². The monoisotopic (exact) mass is 528 g/mol. The predicted octanol–water partition coefficient (Wildman–Crippen LogP) is 4.53. The minimum absolute atomic E-state index is 0.172. The van der Waals surface area contributed by atoms with Crippen molar-refractivity contribution in [3.05, 3.63) is 23.7 Å². The fourth-order valence-corrected chi connectivity index (χ4v) is 8.18. The maximum atomic E-state index is 13.6. The Morgan fingerprint density at radius 1 is 1.03 bits per heavy atom. The quantitative estimate of drug-likeness (QED) is 0.586. The van der Waals surface area contributed by atoms with E-state index in [-0.39, 0.29) is 30.7 Å². The molecule has 8 rings (SSSR count). The highest BCUT2D eigenvalue weighted by Crippen LogP contribution is 2.76. The van der Waals surface area contributed by atoms with E-state index in [4.69, 9.17) is 9.97 Å². The molecule has 0 aromatic carbocycles. The van der Waals surface area contributed by atoms with Gasteiger partial charge in [-0.3, -0.25) is 0 Å². The zero-order valence-electron chi connectivity index (χ0n) is 22.4. The molecule has 6 aliphatic rings. The largest absolute Gasteiger partial charge is 0.394 e. The second-order valence-corrected chi connectivity index (χ2v) is 13.0. The summed E-state index contributed by atoms with van der Waals surface area (Å²) in [6.07, 6.45) is 0.288. The number of alkyl halides is 3. The number of hydrogen-bond acceptors (Lipinski definition) is 8. The molecular formula is C27H35F3N8. The van der Waals surface area contributed by atoms with Crippen molar-refractivity contribution in [1.82, 2.24) is 19.9 Å². The molecule has 2 N–H and O–H groups in total. The fourth-order valence-electron chi connectivity index (χ4n) is 8.18. The Bertz CT molecular complexity index is 1260. The van der Waals surface area contributed by atoms with Gasteiger partial charge in [-0.2, -0.15) is 23.1 Å². The third-order valence-corrected chi connectivity index (χ3v) is 10.0. The van der Waals surface area contributed by atoms with Gasteiger partial charge in [0.05, 0.1) is 5.41 Å². The summed E-state index contributed by atoms with van der Waals surface area (Å²) in [5, 5.41) is 6.95. The van der Waals surface area contributed by atoms with Gasteiger partial charge in [-0.05, 0) is 50.9 Å². The zero-order valence-corrected chi connectivity index (χ0v) is 22.4. The van der Waals surface area contributed by atoms with Gasteiger partial charge in [0.25, 0.3) is 0 Å². The number of nitrogens with zero attached hydrogens (tertiary/aromatic N) is 6. The highest BCUT2D eigenvalue weighted by atomic mass is 19.4. The third kappa shape index (κ3) is 3.28. The molecule has 38 heavy (non-hydrogen) atoms. The lowest BCUT2D eigenvalue weighted by Gasteiger charge is -2.73. The maximum absolute atomic E-state index is 13.6. The van der Waals surface area contributed by atoms with Crippen LogP contribution in [0, 0.1) is 24.2 Å². The summed E-state index contributed by atoms with van der Waals surface area (Å²) in [6, 6.07) is 2.29. The van der Waals surface area contributed by atoms with Crippen LogP contribution in [0.15, 0.2) is 12.4 Å². The third-order valence-electron chi connectivity index (χ3n) is 10.0. The molecule has 4 aliphatic carbocycles. The van der Waals surface area contributed by atoms with Crippen molar-refractivity contribution in [3.8, 4) is 0 Å². The number of nitrogens with one attached hydrogen (secondary N) is 2. The number of rotatable bonds is 5. The van der Waals surface area contributed by atoms with Gasteiger partial charge in [0.1, 0.15) is 23.8 Å². The van der Waals surface area contributed by atoms with Gasteiger partial charge in [0, 0.05) is 61.0 Å². The van der Waals surface area contributed by atoms with Crippen LogP contribution in [0.5, 0.6) is 0 Å². The first kappa shape index (κ1) is 24.2. The molecule has 0 radical (unpaired) electrons. The second kappa shape index (κ2) is 7.63. The van der Waals surface area contributed by atoms with E-state index in [0.29, 0.717) is 24.3 Å². The molecular weight excluding hydrogens is 493 g/mol. The SMILES string of the molecule is CNc1nc(NC2[C@@H]3CC[C@H]2CN(c2cc(C)ncn2)C3)nc2c1C(C)(C)CN2C12CC(C(F)(F)F)(C1)C2. The first-order chi connectivity index (χ1) is 17.9. The van der Waals surface area contributed by atoms with Gasteiger partial charge in [-0.1, -0.05) is 13.8 Å². The lowest BCUT2D eigenvalue weighted by atomic mass is 9.38. The summed E-state index contributed by atoms with van der Waals surface area (Å²) < 4.78 is 40.9. The Hall–Kier alpha value is -2.85. The average Bonchev–Trinajstić information content (AvgIpc) is 3.17. The number of fused-ring (bicyclic) bond motifs is 3. The van der Waals surface area contributed by atoms with E-state index in [1.54, 1.807) is 6.33 Å². The molecule has 8 nitrogen and oxygen atoms in total. The predicted molar refractivity (Wildman–Crippen MR) is 140 cm³/mol. The van der Waals surface area contributed by atoms with Gasteiger partial charge in [-0.25, -0.2) is 9.97 Å². The smallest absolute Gasteiger partial charge is 0.373 e. The Morgan fingerprint density at radius 2 is 1.71 bits per heavy atom. The summed E-state index contributed by atoms with van der Waals surface area (Å²) in [6.45, 7) is 8.74. The molecule has 204 valence electrons. The number of piperidine rings is 1. The van der Waals surface area contributed by atoms with Crippen molar-refractivity contribution in [2.75, 3.05) is 47.1 Å². The summed E-state index contributed by atoms with van der Waals surface area (Å²) in [7, 11) is 1.86. The Morgan fingerprint density at radius 3 is 2.32 bits per heavy atom. The molecule has 4 heterocycles. The van der Waals surface area contributed by atoms with Crippen LogP contribution in [0.2, 0.25) is 0 Å². The number of anilines is 4. The normalized spacial score (nSPS) is 34.4. The van der Waals surface area contributed by atoms with Crippen LogP contribution in [0.4, 0.5) is 36.6 Å². The average molecular weight is 529 g/mol. The molecule has 3 atom stereocenters. The van der Waals surface area contributed by atoms with E-state index in [0.717, 1.165) is 54.6 Å². The molecule has 2 aromatic rings. The van der Waals surface area contributed by atoms with E-state index in [2.05, 4.69) is 44.2 Å². The number of aryl methyl sites for hydroxylation is 1. The zero-order chi connectivity index (χ0) is 26.7. The van der Waals surface area contributed by atoms with Gasteiger partial charge >= 0.3 is 6.18 Å². The summed E-state index contributed by atoms with van der Waals surface area (Å²) >= 11 is 0. The molecule has 5 fully saturated rings. The maximum Gasteiger partial charge on any atom is 0.394 e. The van der Waals surface area contributed by atoms with Gasteiger partial charge in [0.2, 0.25) is 5.95 Å². The van der Waals surface area contributed by atoms with Crippen molar-refractivity contribution < 1.29 is 13.2 Å². The summed E-state index contributed by atoms with van der Waals surface area (Å²) in [5.41, 5.74) is -0.212. The number of hydrogen-bond donors (Lipinski definition) is 2. The number of aromatic nitrogens is 4. The van der Waals surface area contributed by atoms with Crippen molar-refractivity contribution >= 4 is 23.4 Å². The first-order valence-electron chi connectivity index (χ1n) is 13.7. The molecule has 2 aromatic heterocycles. The minimum atomic E-state index is -4.13. The molecule has 1 unspecified atom stereocenters. The second-order valence-electron chi connectivity index (χ2n) is 13.0. The fraction of sp³-hybridized carbons (Fsp3) is 0.704. The van der Waals surface area contributed by atoms with E-state index in [1.165, 1.54) is 0 Å². The van der Waals surface area contributed by atoms with Crippen LogP contribution in [0.3, 0.4) is 0 Å².